The van der Waals surface area contributed by atoms with E-state index in [1.54, 1.807) is 17.4 Å². The third-order valence-corrected chi connectivity index (χ3v) is 6.12. The molecular formula is C21H22N4O2S. The van der Waals surface area contributed by atoms with Crippen LogP contribution >= 0.6 is 11.3 Å². The molecule has 28 heavy (non-hydrogen) atoms. The average molecular weight is 395 g/mol. The number of hydrogen-bond acceptors (Lipinski definition) is 7. The number of rotatable bonds is 4. The van der Waals surface area contributed by atoms with E-state index < -0.39 is 0 Å². The van der Waals surface area contributed by atoms with Gasteiger partial charge in [-0.2, -0.15) is 10.2 Å². The van der Waals surface area contributed by atoms with Crippen LogP contribution in [-0.2, 0) is 11.3 Å². The summed E-state index contributed by atoms with van der Waals surface area (Å²) in [5.41, 5.74) is 2.68. The minimum Gasteiger partial charge on any atom is -0.438 e. The number of ether oxygens (including phenoxy) is 2. The van der Waals surface area contributed by atoms with Crippen molar-refractivity contribution in [3.05, 3.63) is 45.6 Å². The molecule has 0 radical (unpaired) electrons. The molecule has 1 aliphatic rings. The van der Waals surface area contributed by atoms with E-state index >= 15 is 0 Å². The van der Waals surface area contributed by atoms with Crippen LogP contribution in [0.3, 0.4) is 0 Å². The van der Waals surface area contributed by atoms with Gasteiger partial charge in [-0.25, -0.2) is 4.98 Å². The number of thiophene rings is 1. The molecule has 0 saturated carbocycles. The van der Waals surface area contributed by atoms with E-state index in [9.17, 15) is 0 Å². The Morgan fingerprint density at radius 1 is 1.21 bits per heavy atom. The number of aryl methyl sites for hydroxylation is 3. The van der Waals surface area contributed by atoms with Crippen LogP contribution < -0.4 is 4.74 Å². The molecule has 3 aromatic rings. The van der Waals surface area contributed by atoms with E-state index in [0.717, 1.165) is 53.5 Å². The van der Waals surface area contributed by atoms with E-state index in [0.29, 0.717) is 23.7 Å². The summed E-state index contributed by atoms with van der Waals surface area (Å²) in [6, 6.07) is 7.58. The molecule has 1 aromatic carbocycles. The van der Waals surface area contributed by atoms with Gasteiger partial charge < -0.3 is 9.47 Å². The molecule has 2 aromatic heterocycles. The fourth-order valence-corrected chi connectivity index (χ4v) is 4.34. The molecule has 7 heteroatoms. The zero-order valence-electron chi connectivity index (χ0n) is 16.3. The third kappa shape index (κ3) is 3.72. The molecule has 3 heterocycles. The van der Waals surface area contributed by atoms with Gasteiger partial charge in [0.05, 0.1) is 36.8 Å². The Hall–Kier alpha value is -2.53. The van der Waals surface area contributed by atoms with Crippen LogP contribution in [0.25, 0.3) is 10.2 Å². The SMILES string of the molecule is Cc1cc(C#N)ccc1Oc1nc(CN2CCOCC2)nc2sc(C)c(C)c12. The van der Waals surface area contributed by atoms with Gasteiger partial charge in [0.1, 0.15) is 16.4 Å². The maximum absolute atomic E-state index is 9.09. The van der Waals surface area contributed by atoms with Gasteiger partial charge in [-0.15, -0.1) is 11.3 Å². The first-order valence-electron chi connectivity index (χ1n) is 9.30. The zero-order valence-corrected chi connectivity index (χ0v) is 17.1. The van der Waals surface area contributed by atoms with Crippen molar-refractivity contribution in [3.63, 3.8) is 0 Å². The van der Waals surface area contributed by atoms with Crippen molar-refractivity contribution >= 4 is 21.6 Å². The highest BCUT2D eigenvalue weighted by Crippen LogP contribution is 2.37. The predicted molar refractivity (Wildman–Crippen MR) is 109 cm³/mol. The summed E-state index contributed by atoms with van der Waals surface area (Å²) < 4.78 is 11.7. The summed E-state index contributed by atoms with van der Waals surface area (Å²) >= 11 is 1.67. The van der Waals surface area contributed by atoms with Crippen LogP contribution in [0.2, 0.25) is 0 Å². The van der Waals surface area contributed by atoms with Crippen LogP contribution in [0.4, 0.5) is 0 Å². The molecular weight excluding hydrogens is 372 g/mol. The topological polar surface area (TPSA) is 71.3 Å². The fraction of sp³-hybridized carbons (Fsp3) is 0.381. The molecule has 0 spiro atoms. The third-order valence-electron chi connectivity index (χ3n) is 5.02. The molecule has 0 aliphatic carbocycles. The summed E-state index contributed by atoms with van der Waals surface area (Å²) in [6.45, 7) is 10.1. The summed E-state index contributed by atoms with van der Waals surface area (Å²) in [7, 11) is 0. The monoisotopic (exact) mass is 394 g/mol. The van der Waals surface area contributed by atoms with Crippen LogP contribution in [0.15, 0.2) is 18.2 Å². The minimum absolute atomic E-state index is 0.586. The number of hydrogen-bond donors (Lipinski definition) is 0. The number of fused-ring (bicyclic) bond motifs is 1. The van der Waals surface area contributed by atoms with Crippen LogP contribution in [0, 0.1) is 32.1 Å². The second kappa shape index (κ2) is 7.84. The van der Waals surface area contributed by atoms with Crippen molar-refractivity contribution in [2.24, 2.45) is 0 Å². The standard InChI is InChI=1S/C21H22N4O2S/c1-13-10-16(11-22)4-5-17(13)27-20-19-14(2)15(3)28-21(19)24-18(23-20)12-25-6-8-26-9-7-25/h4-5,10H,6-9,12H2,1-3H3. The smallest absolute Gasteiger partial charge is 0.231 e. The van der Waals surface area contributed by atoms with Gasteiger partial charge in [0.15, 0.2) is 0 Å². The quantitative estimate of drug-likeness (QED) is 0.663. The maximum Gasteiger partial charge on any atom is 0.231 e. The molecule has 1 fully saturated rings. The van der Waals surface area contributed by atoms with E-state index in [1.807, 2.05) is 19.1 Å². The molecule has 144 valence electrons. The maximum atomic E-state index is 9.09. The molecule has 0 N–H and O–H groups in total. The number of morpholine rings is 1. The average Bonchev–Trinajstić information content (AvgIpc) is 2.98. The van der Waals surface area contributed by atoms with E-state index in [1.165, 1.54) is 4.88 Å². The molecule has 0 bridgehead atoms. The largest absolute Gasteiger partial charge is 0.438 e. The van der Waals surface area contributed by atoms with Gasteiger partial charge in [-0.05, 0) is 50.1 Å². The van der Waals surface area contributed by atoms with Crippen LogP contribution in [0.1, 0.15) is 27.4 Å². The molecule has 1 aliphatic heterocycles. The Morgan fingerprint density at radius 2 is 2.00 bits per heavy atom. The summed E-state index contributed by atoms with van der Waals surface area (Å²) in [5, 5.41) is 10.1. The Balaban J connectivity index is 1.73. The lowest BCUT2D eigenvalue weighted by atomic mass is 10.1. The Bertz CT molecular complexity index is 1060. The van der Waals surface area contributed by atoms with Crippen molar-refractivity contribution in [1.82, 2.24) is 14.9 Å². The minimum atomic E-state index is 0.586. The highest BCUT2D eigenvalue weighted by Gasteiger charge is 2.19. The molecule has 0 unspecified atom stereocenters. The van der Waals surface area contributed by atoms with E-state index in [4.69, 9.17) is 24.7 Å². The lowest BCUT2D eigenvalue weighted by molar-refractivity contribution is 0.0330. The lowest BCUT2D eigenvalue weighted by Gasteiger charge is -2.25. The molecule has 0 amide bonds. The van der Waals surface area contributed by atoms with Gasteiger partial charge in [0, 0.05) is 18.0 Å². The molecule has 1 saturated heterocycles. The summed E-state index contributed by atoms with van der Waals surface area (Å²) in [5.74, 6) is 2.06. The van der Waals surface area contributed by atoms with Gasteiger partial charge in [0.25, 0.3) is 0 Å². The highest BCUT2D eigenvalue weighted by atomic mass is 32.1. The van der Waals surface area contributed by atoms with Gasteiger partial charge in [-0.1, -0.05) is 0 Å². The second-order valence-electron chi connectivity index (χ2n) is 6.99. The predicted octanol–water partition coefficient (Wildman–Crippen LogP) is 4.11. The molecule has 4 rings (SSSR count). The summed E-state index contributed by atoms with van der Waals surface area (Å²) in [4.78, 5) is 14.0. The van der Waals surface area contributed by atoms with Crippen molar-refractivity contribution < 1.29 is 9.47 Å². The highest BCUT2D eigenvalue weighted by molar-refractivity contribution is 7.18. The van der Waals surface area contributed by atoms with Crippen LogP contribution in [0.5, 0.6) is 11.6 Å². The second-order valence-corrected chi connectivity index (χ2v) is 8.19. The first-order valence-corrected chi connectivity index (χ1v) is 10.1. The van der Waals surface area contributed by atoms with Crippen molar-refractivity contribution in [3.8, 4) is 17.7 Å². The van der Waals surface area contributed by atoms with Crippen molar-refractivity contribution in [2.45, 2.75) is 27.3 Å². The number of nitrogens with zero attached hydrogens (tertiary/aromatic N) is 4. The van der Waals surface area contributed by atoms with Gasteiger partial charge in [0.2, 0.25) is 5.88 Å². The van der Waals surface area contributed by atoms with Gasteiger partial charge >= 0.3 is 0 Å². The fourth-order valence-electron chi connectivity index (χ4n) is 3.30. The lowest BCUT2D eigenvalue weighted by Crippen LogP contribution is -2.36. The number of nitriles is 1. The van der Waals surface area contributed by atoms with Crippen molar-refractivity contribution in [2.75, 3.05) is 26.3 Å². The number of benzene rings is 1. The Morgan fingerprint density at radius 3 is 2.71 bits per heavy atom. The Kier molecular flexibility index (Phi) is 5.27. The molecule has 0 atom stereocenters. The number of aromatic nitrogens is 2. The first kappa shape index (κ1) is 18.8. The first-order chi connectivity index (χ1) is 13.5. The van der Waals surface area contributed by atoms with E-state index in [-0.39, 0.29) is 0 Å². The Labute approximate surface area is 168 Å². The van der Waals surface area contributed by atoms with Crippen molar-refractivity contribution in [1.29, 1.82) is 5.26 Å². The van der Waals surface area contributed by atoms with Gasteiger partial charge in [-0.3, -0.25) is 4.90 Å². The normalized spacial score (nSPS) is 14.9. The van der Waals surface area contributed by atoms with E-state index in [2.05, 4.69) is 24.8 Å². The van der Waals surface area contributed by atoms with Crippen LogP contribution in [-0.4, -0.2) is 41.2 Å². The summed E-state index contributed by atoms with van der Waals surface area (Å²) in [6.07, 6.45) is 0. The zero-order chi connectivity index (χ0) is 19.7. The molecule has 6 nitrogen and oxygen atoms in total.